The van der Waals surface area contributed by atoms with Crippen molar-refractivity contribution in [1.29, 1.82) is 0 Å². The molecule has 0 aliphatic carbocycles. The minimum Gasteiger partial charge on any atom is -0.299 e. The standard InChI is InChI=1S/C17H21N2.ClH/c1-18-11-6-10-17(18)16-9-5-12-19(14-16)13-15-7-3-2-4-8-15;/h2-5,7-9,12,14,17H,6,10-11,13H2,1H3;1H/q+1;/t17-;/m0./s1. The molecule has 1 saturated heterocycles. The van der Waals surface area contributed by atoms with Crippen molar-refractivity contribution in [3.8, 4) is 0 Å². The normalized spacial score (nSPS) is 18.8. The fourth-order valence-corrected chi connectivity index (χ4v) is 2.96. The minimum atomic E-state index is 0. The van der Waals surface area contributed by atoms with Gasteiger partial charge in [0.1, 0.15) is 0 Å². The molecule has 0 bridgehead atoms. The first-order chi connectivity index (χ1) is 9.33. The lowest BCUT2D eigenvalue weighted by Crippen LogP contribution is -2.34. The van der Waals surface area contributed by atoms with Crippen molar-refractivity contribution in [3.63, 3.8) is 0 Å². The van der Waals surface area contributed by atoms with Crippen molar-refractivity contribution < 1.29 is 4.57 Å². The highest BCUT2D eigenvalue weighted by atomic mass is 35.5. The molecule has 1 aromatic heterocycles. The average Bonchev–Trinajstić information content (AvgIpc) is 2.86. The van der Waals surface area contributed by atoms with E-state index in [1.165, 1.54) is 30.5 Å². The van der Waals surface area contributed by atoms with Gasteiger partial charge < -0.3 is 0 Å². The van der Waals surface area contributed by atoms with E-state index in [-0.39, 0.29) is 12.4 Å². The number of rotatable bonds is 3. The predicted molar refractivity (Wildman–Crippen MR) is 84.0 cm³/mol. The number of hydrogen-bond acceptors (Lipinski definition) is 1. The number of likely N-dealkylation sites (tertiary alicyclic amines) is 1. The van der Waals surface area contributed by atoms with E-state index in [9.17, 15) is 0 Å². The molecule has 0 amide bonds. The van der Waals surface area contributed by atoms with Crippen LogP contribution in [-0.2, 0) is 6.54 Å². The van der Waals surface area contributed by atoms with Crippen molar-refractivity contribution in [2.75, 3.05) is 13.6 Å². The number of nitrogens with zero attached hydrogens (tertiary/aromatic N) is 2. The fraction of sp³-hybridized carbons (Fsp3) is 0.353. The van der Waals surface area contributed by atoms with Crippen LogP contribution in [-0.4, -0.2) is 18.5 Å². The molecule has 0 unspecified atom stereocenters. The lowest BCUT2D eigenvalue weighted by Gasteiger charge is -2.18. The molecule has 1 aliphatic heterocycles. The van der Waals surface area contributed by atoms with Gasteiger partial charge in [-0.1, -0.05) is 30.3 Å². The minimum absolute atomic E-state index is 0. The summed E-state index contributed by atoms with van der Waals surface area (Å²) in [6.07, 6.45) is 7.06. The smallest absolute Gasteiger partial charge is 0.173 e. The van der Waals surface area contributed by atoms with E-state index in [1.807, 2.05) is 0 Å². The van der Waals surface area contributed by atoms with Crippen LogP contribution in [0.25, 0.3) is 0 Å². The van der Waals surface area contributed by atoms with Crippen LogP contribution in [0.3, 0.4) is 0 Å². The number of benzene rings is 1. The SMILES string of the molecule is CN1CCC[C@H]1c1ccc[n+](Cc2ccccc2)c1.Cl. The maximum Gasteiger partial charge on any atom is 0.173 e. The maximum absolute atomic E-state index is 2.46. The molecular formula is C17H22ClN2+. The van der Waals surface area contributed by atoms with Crippen LogP contribution in [0.1, 0.15) is 30.0 Å². The van der Waals surface area contributed by atoms with E-state index >= 15 is 0 Å². The van der Waals surface area contributed by atoms with E-state index in [4.69, 9.17) is 0 Å². The molecular weight excluding hydrogens is 268 g/mol. The largest absolute Gasteiger partial charge is 0.299 e. The Morgan fingerprint density at radius 1 is 1.15 bits per heavy atom. The Balaban J connectivity index is 0.00000147. The summed E-state index contributed by atoms with van der Waals surface area (Å²) in [6.45, 7) is 2.17. The quantitative estimate of drug-likeness (QED) is 0.787. The highest BCUT2D eigenvalue weighted by Gasteiger charge is 2.24. The number of halogens is 1. The van der Waals surface area contributed by atoms with Crippen LogP contribution in [0.4, 0.5) is 0 Å². The molecule has 0 radical (unpaired) electrons. The molecule has 2 heterocycles. The Morgan fingerprint density at radius 3 is 2.65 bits per heavy atom. The van der Waals surface area contributed by atoms with Crippen LogP contribution in [0.5, 0.6) is 0 Å². The molecule has 2 aromatic rings. The molecule has 1 atom stereocenters. The summed E-state index contributed by atoms with van der Waals surface area (Å²) in [5, 5.41) is 0. The van der Waals surface area contributed by atoms with Crippen LogP contribution in [0.15, 0.2) is 54.9 Å². The molecule has 20 heavy (non-hydrogen) atoms. The Labute approximate surface area is 127 Å². The zero-order valence-corrected chi connectivity index (χ0v) is 12.7. The van der Waals surface area contributed by atoms with E-state index in [0.717, 1.165) is 6.54 Å². The van der Waals surface area contributed by atoms with Gasteiger partial charge in [0.25, 0.3) is 0 Å². The lowest BCUT2D eigenvalue weighted by molar-refractivity contribution is -0.688. The molecule has 0 spiro atoms. The number of pyridine rings is 1. The van der Waals surface area contributed by atoms with Crippen molar-refractivity contribution in [3.05, 3.63) is 66.0 Å². The van der Waals surface area contributed by atoms with Gasteiger partial charge in [-0.3, -0.25) is 4.90 Å². The molecule has 3 heteroatoms. The summed E-state index contributed by atoms with van der Waals surface area (Å²) in [6, 6.07) is 15.7. The van der Waals surface area contributed by atoms with Crippen LogP contribution >= 0.6 is 12.4 Å². The summed E-state index contributed by atoms with van der Waals surface area (Å²) >= 11 is 0. The van der Waals surface area contributed by atoms with Gasteiger partial charge >= 0.3 is 0 Å². The van der Waals surface area contributed by atoms with Crippen LogP contribution in [0.2, 0.25) is 0 Å². The zero-order valence-electron chi connectivity index (χ0n) is 11.9. The highest BCUT2D eigenvalue weighted by molar-refractivity contribution is 5.85. The molecule has 106 valence electrons. The highest BCUT2D eigenvalue weighted by Crippen LogP contribution is 2.29. The number of aromatic nitrogens is 1. The van der Waals surface area contributed by atoms with E-state index in [1.54, 1.807) is 0 Å². The molecule has 1 aromatic carbocycles. The zero-order chi connectivity index (χ0) is 13.1. The second-order valence-corrected chi connectivity index (χ2v) is 5.43. The first-order valence-corrected chi connectivity index (χ1v) is 7.06. The van der Waals surface area contributed by atoms with Gasteiger partial charge in [-0.15, -0.1) is 12.4 Å². The number of hydrogen-bond donors (Lipinski definition) is 0. The first-order valence-electron chi connectivity index (χ1n) is 7.06. The molecule has 1 fully saturated rings. The van der Waals surface area contributed by atoms with Gasteiger partial charge in [-0.25, -0.2) is 4.57 Å². The summed E-state index contributed by atoms with van der Waals surface area (Å²) in [5.41, 5.74) is 2.79. The maximum atomic E-state index is 2.46. The topological polar surface area (TPSA) is 7.12 Å². The molecule has 2 nitrogen and oxygen atoms in total. The fourth-order valence-electron chi connectivity index (χ4n) is 2.96. The molecule has 1 aliphatic rings. The summed E-state index contributed by atoms with van der Waals surface area (Å²) in [4.78, 5) is 2.46. The lowest BCUT2D eigenvalue weighted by atomic mass is 10.1. The van der Waals surface area contributed by atoms with Gasteiger partial charge in [0, 0.05) is 23.2 Å². The predicted octanol–water partition coefficient (Wildman–Crippen LogP) is 3.21. The first kappa shape index (κ1) is 15.0. The Morgan fingerprint density at radius 2 is 1.95 bits per heavy atom. The molecule has 0 saturated carbocycles. The van der Waals surface area contributed by atoms with Crippen molar-refractivity contribution in [2.24, 2.45) is 0 Å². The third-order valence-corrected chi connectivity index (χ3v) is 3.99. The van der Waals surface area contributed by atoms with Crippen molar-refractivity contribution in [2.45, 2.75) is 25.4 Å². The Hall–Kier alpha value is -1.38. The van der Waals surface area contributed by atoms with Crippen molar-refractivity contribution >= 4 is 12.4 Å². The van der Waals surface area contributed by atoms with Gasteiger partial charge in [0.05, 0.1) is 0 Å². The van der Waals surface area contributed by atoms with E-state index in [0.29, 0.717) is 6.04 Å². The van der Waals surface area contributed by atoms with Gasteiger partial charge in [0.15, 0.2) is 18.9 Å². The van der Waals surface area contributed by atoms with Gasteiger partial charge in [0.2, 0.25) is 0 Å². The summed E-state index contributed by atoms with van der Waals surface area (Å²) in [5.74, 6) is 0. The second kappa shape index (κ2) is 6.87. The van der Waals surface area contributed by atoms with Gasteiger partial charge in [-0.2, -0.15) is 0 Å². The third-order valence-electron chi connectivity index (χ3n) is 3.99. The Bertz CT molecular complexity index is 542. The monoisotopic (exact) mass is 289 g/mol. The third kappa shape index (κ3) is 3.38. The van der Waals surface area contributed by atoms with Crippen LogP contribution < -0.4 is 4.57 Å². The summed E-state index contributed by atoms with van der Waals surface area (Å²) in [7, 11) is 2.23. The Kier molecular flexibility index (Phi) is 5.16. The molecule has 0 N–H and O–H groups in total. The molecule has 3 rings (SSSR count). The van der Waals surface area contributed by atoms with Gasteiger partial charge in [-0.05, 0) is 32.5 Å². The van der Waals surface area contributed by atoms with Crippen LogP contribution in [0, 0.1) is 0 Å². The summed E-state index contributed by atoms with van der Waals surface area (Å²) < 4.78 is 2.29. The second-order valence-electron chi connectivity index (χ2n) is 5.43. The van der Waals surface area contributed by atoms with Crippen molar-refractivity contribution in [1.82, 2.24) is 4.90 Å². The van der Waals surface area contributed by atoms with E-state index in [2.05, 4.69) is 71.4 Å². The van der Waals surface area contributed by atoms with E-state index < -0.39 is 0 Å². The average molecular weight is 290 g/mol.